The van der Waals surface area contributed by atoms with E-state index in [2.05, 4.69) is 12.2 Å². The Morgan fingerprint density at radius 2 is 1.86 bits per heavy atom. The van der Waals surface area contributed by atoms with E-state index in [0.29, 0.717) is 18.7 Å². The van der Waals surface area contributed by atoms with Crippen LogP contribution in [0, 0.1) is 0 Å². The Morgan fingerprint density at radius 3 is 2.48 bits per heavy atom. The summed E-state index contributed by atoms with van der Waals surface area (Å²) in [4.78, 5) is 22.2. The fourth-order valence-corrected chi connectivity index (χ4v) is 1.91. The summed E-state index contributed by atoms with van der Waals surface area (Å²) in [6.45, 7) is 4.05. The monoisotopic (exact) mass is 291 g/mol. The van der Waals surface area contributed by atoms with Crippen molar-refractivity contribution in [2.45, 2.75) is 46.0 Å². The number of aryl methyl sites for hydroxylation is 1. The van der Waals surface area contributed by atoms with Crippen LogP contribution in [0.5, 0.6) is 5.75 Å². The van der Waals surface area contributed by atoms with Gasteiger partial charge in [-0.25, -0.2) is 0 Å². The van der Waals surface area contributed by atoms with Crippen LogP contribution in [0.15, 0.2) is 24.3 Å². The normalized spacial score (nSPS) is 10.2. The maximum atomic E-state index is 11.5. The summed E-state index contributed by atoms with van der Waals surface area (Å²) >= 11 is 0. The lowest BCUT2D eigenvalue weighted by Gasteiger charge is -2.08. The Bertz CT molecular complexity index is 440. The van der Waals surface area contributed by atoms with Gasteiger partial charge in [0.2, 0.25) is 0 Å². The second-order valence-electron chi connectivity index (χ2n) is 5.19. The molecule has 0 unspecified atom stereocenters. The standard InChI is InChI=1S/C17H25NO3/c1-3-4-5-6-15-7-9-16(10-8-15)21-13-17(20)18-12-11-14(2)19/h7-10H,3-6,11-13H2,1-2H3,(H,18,20). The largest absolute Gasteiger partial charge is 0.484 e. The number of hydrogen-bond acceptors (Lipinski definition) is 3. The van der Waals surface area contributed by atoms with Crippen molar-refractivity contribution in [1.82, 2.24) is 5.32 Å². The minimum Gasteiger partial charge on any atom is -0.484 e. The van der Waals surface area contributed by atoms with Gasteiger partial charge < -0.3 is 10.1 Å². The first-order valence-electron chi connectivity index (χ1n) is 7.59. The molecule has 0 aliphatic carbocycles. The molecule has 0 aliphatic rings. The van der Waals surface area contributed by atoms with Gasteiger partial charge in [0.1, 0.15) is 11.5 Å². The molecule has 0 spiro atoms. The van der Waals surface area contributed by atoms with Crippen LogP contribution in [-0.4, -0.2) is 24.8 Å². The van der Waals surface area contributed by atoms with Gasteiger partial charge in [-0.15, -0.1) is 0 Å². The summed E-state index contributed by atoms with van der Waals surface area (Å²) in [7, 11) is 0. The summed E-state index contributed by atoms with van der Waals surface area (Å²) in [5.74, 6) is 0.550. The van der Waals surface area contributed by atoms with Crippen LogP contribution in [0.3, 0.4) is 0 Å². The third-order valence-corrected chi connectivity index (χ3v) is 3.16. The molecule has 0 bridgehead atoms. The highest BCUT2D eigenvalue weighted by Gasteiger charge is 2.03. The summed E-state index contributed by atoms with van der Waals surface area (Å²) < 4.78 is 5.41. The molecule has 4 nitrogen and oxygen atoms in total. The van der Waals surface area contributed by atoms with Gasteiger partial charge in [0.25, 0.3) is 5.91 Å². The Morgan fingerprint density at radius 1 is 1.14 bits per heavy atom. The lowest BCUT2D eigenvalue weighted by molar-refractivity contribution is -0.123. The number of ketones is 1. The van der Waals surface area contributed by atoms with Crippen LogP contribution in [0.4, 0.5) is 0 Å². The number of ether oxygens (including phenoxy) is 1. The van der Waals surface area contributed by atoms with Gasteiger partial charge in [-0.2, -0.15) is 0 Å². The number of hydrogen-bond donors (Lipinski definition) is 1. The van der Waals surface area contributed by atoms with Gasteiger partial charge in [-0.1, -0.05) is 31.9 Å². The molecule has 0 aromatic heterocycles. The molecular formula is C17H25NO3. The van der Waals surface area contributed by atoms with Gasteiger partial charge in [0, 0.05) is 13.0 Å². The molecule has 1 aromatic carbocycles. The second kappa shape index (κ2) is 9.97. The van der Waals surface area contributed by atoms with Crippen LogP contribution in [-0.2, 0) is 16.0 Å². The molecule has 0 aliphatic heterocycles. The van der Waals surface area contributed by atoms with E-state index in [-0.39, 0.29) is 18.3 Å². The molecule has 0 radical (unpaired) electrons. The second-order valence-corrected chi connectivity index (χ2v) is 5.19. The van der Waals surface area contributed by atoms with Gasteiger partial charge in [0.05, 0.1) is 0 Å². The zero-order chi connectivity index (χ0) is 15.5. The van der Waals surface area contributed by atoms with E-state index in [1.54, 1.807) is 0 Å². The maximum absolute atomic E-state index is 11.5. The molecule has 0 saturated heterocycles. The predicted octanol–water partition coefficient (Wildman–Crippen LogP) is 2.89. The number of amides is 1. The van der Waals surface area contributed by atoms with E-state index in [9.17, 15) is 9.59 Å². The number of carbonyl (C=O) groups is 2. The van der Waals surface area contributed by atoms with Crippen LogP contribution in [0.1, 0.15) is 45.1 Å². The lowest BCUT2D eigenvalue weighted by Crippen LogP contribution is -2.30. The molecule has 1 amide bonds. The molecule has 0 fully saturated rings. The number of Topliss-reactive ketones (excluding diaryl/α,β-unsaturated/α-hetero) is 1. The van der Waals surface area contributed by atoms with E-state index in [1.165, 1.54) is 31.7 Å². The van der Waals surface area contributed by atoms with E-state index < -0.39 is 0 Å². The molecule has 4 heteroatoms. The average molecular weight is 291 g/mol. The highest BCUT2D eigenvalue weighted by molar-refractivity contribution is 5.79. The average Bonchev–Trinajstić information content (AvgIpc) is 2.46. The summed E-state index contributed by atoms with van der Waals surface area (Å²) in [6, 6.07) is 7.87. The number of unbranched alkanes of at least 4 members (excludes halogenated alkanes) is 2. The first kappa shape index (κ1) is 17.2. The molecule has 1 aromatic rings. The summed E-state index contributed by atoms with van der Waals surface area (Å²) in [6.07, 6.45) is 5.12. The fraction of sp³-hybridized carbons (Fsp3) is 0.529. The molecule has 0 atom stereocenters. The van der Waals surface area contributed by atoms with Gasteiger partial charge in [-0.05, 0) is 37.5 Å². The van der Waals surface area contributed by atoms with Crippen molar-refractivity contribution < 1.29 is 14.3 Å². The maximum Gasteiger partial charge on any atom is 0.257 e. The minimum atomic E-state index is -0.205. The van der Waals surface area contributed by atoms with Crippen molar-refractivity contribution in [1.29, 1.82) is 0 Å². The molecule has 21 heavy (non-hydrogen) atoms. The van der Waals surface area contributed by atoms with Crippen LogP contribution in [0.2, 0.25) is 0 Å². The van der Waals surface area contributed by atoms with E-state index in [1.807, 2.05) is 24.3 Å². The molecule has 1 rings (SSSR count). The number of carbonyl (C=O) groups excluding carboxylic acids is 2. The van der Waals surface area contributed by atoms with E-state index in [0.717, 1.165) is 6.42 Å². The number of nitrogens with one attached hydrogen (secondary N) is 1. The lowest BCUT2D eigenvalue weighted by atomic mass is 10.1. The molecule has 0 heterocycles. The first-order chi connectivity index (χ1) is 10.1. The van der Waals surface area contributed by atoms with Crippen molar-refractivity contribution >= 4 is 11.7 Å². The van der Waals surface area contributed by atoms with Gasteiger partial charge in [-0.3, -0.25) is 9.59 Å². The zero-order valence-corrected chi connectivity index (χ0v) is 13.0. The van der Waals surface area contributed by atoms with Crippen LogP contribution in [0.25, 0.3) is 0 Å². The Kier molecular flexibility index (Phi) is 8.17. The fourth-order valence-electron chi connectivity index (χ4n) is 1.91. The Labute approximate surface area is 126 Å². The highest BCUT2D eigenvalue weighted by Crippen LogP contribution is 2.14. The number of rotatable bonds is 10. The van der Waals surface area contributed by atoms with Crippen molar-refractivity contribution in [3.05, 3.63) is 29.8 Å². The van der Waals surface area contributed by atoms with Crippen molar-refractivity contribution in [2.75, 3.05) is 13.2 Å². The zero-order valence-electron chi connectivity index (χ0n) is 13.0. The third kappa shape index (κ3) is 8.12. The topological polar surface area (TPSA) is 55.4 Å². The summed E-state index contributed by atoms with van der Waals surface area (Å²) in [5.41, 5.74) is 1.29. The molecule has 1 N–H and O–H groups in total. The predicted molar refractivity (Wildman–Crippen MR) is 83.5 cm³/mol. The first-order valence-corrected chi connectivity index (χ1v) is 7.59. The smallest absolute Gasteiger partial charge is 0.257 e. The van der Waals surface area contributed by atoms with Gasteiger partial charge in [0.15, 0.2) is 6.61 Å². The number of benzene rings is 1. The highest BCUT2D eigenvalue weighted by atomic mass is 16.5. The van der Waals surface area contributed by atoms with Gasteiger partial charge >= 0.3 is 0 Å². The Balaban J connectivity index is 2.25. The van der Waals surface area contributed by atoms with Crippen molar-refractivity contribution in [3.63, 3.8) is 0 Å². The summed E-state index contributed by atoms with van der Waals surface area (Å²) in [5, 5.41) is 2.65. The minimum absolute atomic E-state index is 0.0207. The van der Waals surface area contributed by atoms with Crippen LogP contribution < -0.4 is 10.1 Å². The third-order valence-electron chi connectivity index (χ3n) is 3.16. The van der Waals surface area contributed by atoms with E-state index >= 15 is 0 Å². The van der Waals surface area contributed by atoms with Crippen molar-refractivity contribution in [2.24, 2.45) is 0 Å². The quantitative estimate of drug-likeness (QED) is 0.674. The molecule has 0 saturated carbocycles. The van der Waals surface area contributed by atoms with E-state index in [4.69, 9.17) is 4.74 Å². The SMILES string of the molecule is CCCCCc1ccc(OCC(=O)NCCC(C)=O)cc1. The van der Waals surface area contributed by atoms with Crippen molar-refractivity contribution in [3.8, 4) is 5.75 Å². The Hall–Kier alpha value is -1.84. The molecule has 116 valence electrons. The molecular weight excluding hydrogens is 266 g/mol. The van der Waals surface area contributed by atoms with Crippen LogP contribution >= 0.6 is 0 Å².